The molecule has 1 aliphatic heterocycles. The number of carbonyl (C=O) groups is 1. The Bertz CT molecular complexity index is 565. The van der Waals surface area contributed by atoms with Crippen molar-refractivity contribution in [3.63, 3.8) is 0 Å². The summed E-state index contributed by atoms with van der Waals surface area (Å²) < 4.78 is 10.6. The lowest BCUT2D eigenvalue weighted by atomic mass is 10.1. The van der Waals surface area contributed by atoms with Crippen LogP contribution in [0.25, 0.3) is 0 Å². The van der Waals surface area contributed by atoms with Gasteiger partial charge in [0.15, 0.2) is 6.61 Å². The summed E-state index contributed by atoms with van der Waals surface area (Å²) in [5.74, 6) is 1.57. The van der Waals surface area contributed by atoms with E-state index in [9.17, 15) is 4.79 Å². The Labute approximate surface area is 110 Å². The lowest BCUT2D eigenvalue weighted by Gasteiger charge is -2.25. The molecule has 0 radical (unpaired) electrons. The molecule has 0 N–H and O–H groups in total. The predicted octanol–water partition coefficient (Wildman–Crippen LogP) is 1.64. The zero-order valence-corrected chi connectivity index (χ0v) is 10.4. The van der Waals surface area contributed by atoms with Crippen LogP contribution >= 0.6 is 0 Å². The molecule has 0 aliphatic carbocycles. The van der Waals surface area contributed by atoms with Gasteiger partial charge in [-0.1, -0.05) is 23.4 Å². The third kappa shape index (κ3) is 2.59. The molecule has 0 spiro atoms. The van der Waals surface area contributed by atoms with Crippen LogP contribution in [0.1, 0.15) is 11.3 Å². The van der Waals surface area contributed by atoms with Crippen molar-refractivity contribution < 1.29 is 14.1 Å². The summed E-state index contributed by atoms with van der Waals surface area (Å²) in [6, 6.07) is 9.34. The minimum absolute atomic E-state index is 0.0179. The molecule has 0 saturated carbocycles. The molecule has 5 heteroatoms. The van der Waals surface area contributed by atoms with E-state index in [1.54, 1.807) is 11.1 Å². The largest absolute Gasteiger partial charge is 0.484 e. The number of amides is 1. The number of fused-ring (bicyclic) bond motifs is 1. The highest BCUT2D eigenvalue weighted by molar-refractivity contribution is 5.78. The lowest BCUT2D eigenvalue weighted by Crippen LogP contribution is -2.38. The van der Waals surface area contributed by atoms with Crippen LogP contribution in [0.2, 0.25) is 0 Å². The van der Waals surface area contributed by atoms with Crippen LogP contribution in [0.4, 0.5) is 0 Å². The summed E-state index contributed by atoms with van der Waals surface area (Å²) in [5.41, 5.74) is 0.985. The molecular weight excluding hydrogens is 244 g/mol. The molecule has 98 valence electrons. The second-order valence-electron chi connectivity index (χ2n) is 4.44. The molecule has 0 bridgehead atoms. The number of aromatic nitrogens is 1. The molecule has 1 aromatic heterocycles. The van der Waals surface area contributed by atoms with Gasteiger partial charge < -0.3 is 14.2 Å². The van der Waals surface area contributed by atoms with Crippen molar-refractivity contribution in [2.75, 3.05) is 13.2 Å². The van der Waals surface area contributed by atoms with Crippen LogP contribution in [0, 0.1) is 0 Å². The first-order valence-electron chi connectivity index (χ1n) is 6.21. The molecule has 2 aromatic rings. The Kier molecular flexibility index (Phi) is 3.18. The monoisotopic (exact) mass is 258 g/mol. The molecule has 3 rings (SSSR count). The molecule has 0 atom stereocenters. The molecule has 19 heavy (non-hydrogen) atoms. The first-order chi connectivity index (χ1) is 9.33. The Morgan fingerprint density at radius 2 is 2.21 bits per heavy atom. The SMILES string of the molecule is O=C(COc1ccccc1)N1CCc2oncc2C1. The average molecular weight is 258 g/mol. The van der Waals surface area contributed by atoms with E-state index in [2.05, 4.69) is 5.16 Å². The molecule has 5 nitrogen and oxygen atoms in total. The van der Waals surface area contributed by atoms with Crippen LogP contribution in [0.5, 0.6) is 5.75 Å². The normalized spacial score (nSPS) is 14.0. The van der Waals surface area contributed by atoms with Gasteiger partial charge in [0.1, 0.15) is 11.5 Å². The van der Waals surface area contributed by atoms with Crippen molar-refractivity contribution in [2.45, 2.75) is 13.0 Å². The summed E-state index contributed by atoms with van der Waals surface area (Å²) in [4.78, 5) is 13.8. The van der Waals surface area contributed by atoms with Crippen molar-refractivity contribution >= 4 is 5.91 Å². The topological polar surface area (TPSA) is 55.6 Å². The van der Waals surface area contributed by atoms with Gasteiger partial charge in [-0.25, -0.2) is 0 Å². The summed E-state index contributed by atoms with van der Waals surface area (Å²) in [7, 11) is 0. The summed E-state index contributed by atoms with van der Waals surface area (Å²) in [6.45, 7) is 1.26. The Morgan fingerprint density at radius 3 is 3.05 bits per heavy atom. The third-order valence-electron chi connectivity index (χ3n) is 3.16. The van der Waals surface area contributed by atoms with Crippen LogP contribution in [-0.2, 0) is 17.8 Å². The van der Waals surface area contributed by atoms with Gasteiger partial charge in [-0.2, -0.15) is 0 Å². The molecule has 2 heterocycles. The maximum Gasteiger partial charge on any atom is 0.260 e. The molecule has 1 aliphatic rings. The highest BCUT2D eigenvalue weighted by Crippen LogP contribution is 2.18. The predicted molar refractivity (Wildman–Crippen MR) is 67.6 cm³/mol. The van der Waals surface area contributed by atoms with E-state index in [4.69, 9.17) is 9.26 Å². The van der Waals surface area contributed by atoms with Gasteiger partial charge in [-0.05, 0) is 12.1 Å². The Balaban J connectivity index is 1.57. The summed E-state index contributed by atoms with van der Waals surface area (Å²) in [5, 5.41) is 3.75. The number of benzene rings is 1. The zero-order valence-electron chi connectivity index (χ0n) is 10.4. The van der Waals surface area contributed by atoms with Crippen LogP contribution in [0.3, 0.4) is 0 Å². The lowest BCUT2D eigenvalue weighted by molar-refractivity contribution is -0.134. The van der Waals surface area contributed by atoms with Crippen molar-refractivity contribution in [3.8, 4) is 5.75 Å². The quantitative estimate of drug-likeness (QED) is 0.839. The standard InChI is InChI=1S/C14H14N2O3/c17-14(10-18-12-4-2-1-3-5-12)16-7-6-13-11(9-16)8-15-19-13/h1-5,8H,6-7,9-10H2. The van der Waals surface area contributed by atoms with Gasteiger partial charge in [0.25, 0.3) is 5.91 Å². The van der Waals surface area contributed by atoms with Gasteiger partial charge in [0.2, 0.25) is 0 Å². The first-order valence-corrected chi connectivity index (χ1v) is 6.21. The number of carbonyl (C=O) groups excluding carboxylic acids is 1. The summed E-state index contributed by atoms with van der Waals surface area (Å²) in [6.07, 6.45) is 2.39. The van der Waals surface area contributed by atoms with Crippen LogP contribution in [0.15, 0.2) is 41.1 Å². The maximum absolute atomic E-state index is 12.1. The fraction of sp³-hybridized carbons (Fsp3) is 0.286. The van der Waals surface area contributed by atoms with Crippen LogP contribution in [-0.4, -0.2) is 29.1 Å². The Morgan fingerprint density at radius 1 is 1.37 bits per heavy atom. The van der Waals surface area contributed by atoms with E-state index >= 15 is 0 Å². The number of hydrogen-bond donors (Lipinski definition) is 0. The second-order valence-corrected chi connectivity index (χ2v) is 4.44. The van der Waals surface area contributed by atoms with E-state index in [0.717, 1.165) is 11.3 Å². The summed E-state index contributed by atoms with van der Waals surface area (Å²) >= 11 is 0. The fourth-order valence-electron chi connectivity index (χ4n) is 2.11. The number of nitrogens with zero attached hydrogens (tertiary/aromatic N) is 2. The molecule has 1 amide bonds. The van der Waals surface area contributed by atoms with Crippen molar-refractivity contribution in [3.05, 3.63) is 47.9 Å². The minimum Gasteiger partial charge on any atom is -0.484 e. The third-order valence-corrected chi connectivity index (χ3v) is 3.16. The molecule has 0 saturated heterocycles. The van der Waals surface area contributed by atoms with Gasteiger partial charge >= 0.3 is 0 Å². The fourth-order valence-corrected chi connectivity index (χ4v) is 2.11. The van der Waals surface area contributed by atoms with Crippen LogP contribution < -0.4 is 4.74 Å². The van der Waals surface area contributed by atoms with Gasteiger partial charge in [-0.15, -0.1) is 0 Å². The molecule has 1 aromatic carbocycles. The first kappa shape index (κ1) is 11.8. The van der Waals surface area contributed by atoms with E-state index in [1.165, 1.54) is 0 Å². The average Bonchev–Trinajstić information content (AvgIpc) is 2.93. The van der Waals surface area contributed by atoms with E-state index in [1.807, 2.05) is 30.3 Å². The van der Waals surface area contributed by atoms with E-state index in [-0.39, 0.29) is 12.5 Å². The van der Waals surface area contributed by atoms with Gasteiger partial charge in [0, 0.05) is 18.5 Å². The second kappa shape index (κ2) is 5.14. The van der Waals surface area contributed by atoms with E-state index < -0.39 is 0 Å². The maximum atomic E-state index is 12.1. The number of para-hydroxylation sites is 1. The van der Waals surface area contributed by atoms with Gasteiger partial charge in [-0.3, -0.25) is 4.79 Å². The minimum atomic E-state index is -0.0179. The Hall–Kier alpha value is -2.30. The number of rotatable bonds is 3. The molecule has 0 fully saturated rings. The van der Waals surface area contributed by atoms with Crippen molar-refractivity contribution in [1.82, 2.24) is 10.1 Å². The highest BCUT2D eigenvalue weighted by atomic mass is 16.5. The van der Waals surface area contributed by atoms with Crippen molar-refractivity contribution in [1.29, 1.82) is 0 Å². The van der Waals surface area contributed by atoms with Gasteiger partial charge in [0.05, 0.1) is 12.7 Å². The highest BCUT2D eigenvalue weighted by Gasteiger charge is 2.23. The zero-order chi connectivity index (χ0) is 13.1. The van der Waals surface area contributed by atoms with Crippen molar-refractivity contribution in [2.24, 2.45) is 0 Å². The number of hydrogen-bond acceptors (Lipinski definition) is 4. The number of ether oxygens (including phenoxy) is 1. The smallest absolute Gasteiger partial charge is 0.260 e. The van der Waals surface area contributed by atoms with E-state index in [0.29, 0.717) is 25.3 Å². The molecular formula is C14H14N2O3. The molecule has 0 unspecified atom stereocenters.